The summed E-state index contributed by atoms with van der Waals surface area (Å²) in [5.74, 6) is 0.820. The molecule has 0 spiro atoms. The second-order valence-electron chi connectivity index (χ2n) is 4.38. The first-order valence-corrected chi connectivity index (χ1v) is 6.21. The molecule has 0 aliphatic carbocycles. The van der Waals surface area contributed by atoms with Crippen molar-refractivity contribution in [1.29, 1.82) is 0 Å². The van der Waals surface area contributed by atoms with Crippen molar-refractivity contribution in [3.05, 3.63) is 23.8 Å². The fraction of sp³-hybridized carbons (Fsp3) is 0.500. The van der Waals surface area contributed by atoms with Crippen LogP contribution >= 0.6 is 0 Å². The Morgan fingerprint density at radius 1 is 1.29 bits per heavy atom. The van der Waals surface area contributed by atoms with Crippen molar-refractivity contribution in [3.63, 3.8) is 0 Å². The second-order valence-corrected chi connectivity index (χ2v) is 4.38. The van der Waals surface area contributed by atoms with Crippen LogP contribution in [0.1, 0.15) is 24.8 Å². The monoisotopic (exact) mass is 233 g/mol. The van der Waals surface area contributed by atoms with Gasteiger partial charge in [0.05, 0.1) is 7.11 Å². The normalized spacial score (nSPS) is 15.7. The first-order valence-electron chi connectivity index (χ1n) is 6.21. The van der Waals surface area contributed by atoms with Crippen LogP contribution in [0.4, 0.5) is 5.69 Å². The molecule has 0 saturated carbocycles. The molecule has 1 aromatic carbocycles. The largest absolute Gasteiger partial charge is 0.496 e. The maximum atomic E-state index is 10.8. The van der Waals surface area contributed by atoms with Crippen molar-refractivity contribution in [3.8, 4) is 5.75 Å². The zero-order valence-corrected chi connectivity index (χ0v) is 10.3. The summed E-state index contributed by atoms with van der Waals surface area (Å²) in [7, 11) is 1.66. The van der Waals surface area contributed by atoms with E-state index in [1.807, 2.05) is 12.1 Å². The lowest BCUT2D eigenvalue weighted by molar-refractivity contribution is -0.107. The highest BCUT2D eigenvalue weighted by Gasteiger charge is 2.16. The van der Waals surface area contributed by atoms with Crippen LogP contribution in [0, 0.1) is 0 Å². The summed E-state index contributed by atoms with van der Waals surface area (Å²) in [6.07, 6.45) is 5.15. The van der Waals surface area contributed by atoms with Gasteiger partial charge >= 0.3 is 0 Å². The molecule has 3 nitrogen and oxygen atoms in total. The molecule has 0 aromatic heterocycles. The van der Waals surface area contributed by atoms with E-state index in [-0.39, 0.29) is 0 Å². The molecule has 1 heterocycles. The molecule has 0 radical (unpaired) electrons. The Labute approximate surface area is 102 Å². The summed E-state index contributed by atoms with van der Waals surface area (Å²) in [5.41, 5.74) is 2.18. The molecule has 3 heteroatoms. The average Bonchev–Trinajstić information content (AvgIpc) is 2.40. The van der Waals surface area contributed by atoms with Crippen molar-refractivity contribution in [1.82, 2.24) is 0 Å². The minimum absolute atomic E-state index is 0.426. The van der Waals surface area contributed by atoms with Gasteiger partial charge in [-0.05, 0) is 31.4 Å². The number of methoxy groups -OCH3 is 1. The van der Waals surface area contributed by atoms with Crippen LogP contribution in [0.3, 0.4) is 0 Å². The highest BCUT2D eigenvalue weighted by Crippen LogP contribution is 2.31. The molecule has 0 N–H and O–H groups in total. The number of aldehydes is 1. The third kappa shape index (κ3) is 2.60. The SMILES string of the molecule is COc1cccc(N2CCCCC2)c1CC=O. The Balaban J connectivity index is 2.33. The van der Waals surface area contributed by atoms with Gasteiger partial charge in [-0.25, -0.2) is 0 Å². The van der Waals surface area contributed by atoms with Gasteiger partial charge in [-0.1, -0.05) is 6.07 Å². The van der Waals surface area contributed by atoms with Gasteiger partial charge in [0.1, 0.15) is 12.0 Å². The summed E-state index contributed by atoms with van der Waals surface area (Å²) in [4.78, 5) is 13.2. The van der Waals surface area contributed by atoms with Crippen molar-refractivity contribution in [2.24, 2.45) is 0 Å². The topological polar surface area (TPSA) is 29.5 Å². The summed E-state index contributed by atoms with van der Waals surface area (Å²) in [5, 5.41) is 0. The molecule has 1 saturated heterocycles. The molecular weight excluding hydrogens is 214 g/mol. The van der Waals surface area contributed by atoms with Gasteiger partial charge < -0.3 is 14.4 Å². The van der Waals surface area contributed by atoms with E-state index in [4.69, 9.17) is 4.74 Å². The number of anilines is 1. The number of carbonyl (C=O) groups is 1. The van der Waals surface area contributed by atoms with Crippen LogP contribution in [0.5, 0.6) is 5.75 Å². The Morgan fingerprint density at radius 2 is 2.06 bits per heavy atom. The predicted molar refractivity (Wildman–Crippen MR) is 68.8 cm³/mol. The quantitative estimate of drug-likeness (QED) is 0.748. The van der Waals surface area contributed by atoms with Crippen molar-refractivity contribution in [2.75, 3.05) is 25.1 Å². The molecule has 2 rings (SSSR count). The lowest BCUT2D eigenvalue weighted by Crippen LogP contribution is -2.30. The van der Waals surface area contributed by atoms with E-state index in [2.05, 4.69) is 11.0 Å². The summed E-state index contributed by atoms with van der Waals surface area (Å²) < 4.78 is 5.34. The Hall–Kier alpha value is -1.51. The van der Waals surface area contributed by atoms with Gasteiger partial charge in [-0.3, -0.25) is 0 Å². The fourth-order valence-corrected chi connectivity index (χ4v) is 2.46. The highest BCUT2D eigenvalue weighted by molar-refractivity contribution is 5.68. The molecule has 0 atom stereocenters. The minimum atomic E-state index is 0.426. The van der Waals surface area contributed by atoms with E-state index in [1.165, 1.54) is 19.3 Å². The van der Waals surface area contributed by atoms with Crippen molar-refractivity contribution < 1.29 is 9.53 Å². The number of hydrogen-bond acceptors (Lipinski definition) is 3. The molecule has 1 aromatic rings. The van der Waals surface area contributed by atoms with Crippen LogP contribution in [0.25, 0.3) is 0 Å². The molecule has 1 aliphatic rings. The van der Waals surface area contributed by atoms with Gasteiger partial charge in [0, 0.05) is 30.8 Å². The lowest BCUT2D eigenvalue weighted by atomic mass is 10.0. The number of hydrogen-bond donors (Lipinski definition) is 0. The Bertz CT molecular complexity index is 384. The predicted octanol–water partition coefficient (Wildman–Crippen LogP) is 2.43. The first-order chi connectivity index (χ1) is 8.36. The maximum Gasteiger partial charge on any atom is 0.124 e. The summed E-state index contributed by atoms with van der Waals surface area (Å²) >= 11 is 0. The third-order valence-corrected chi connectivity index (χ3v) is 3.31. The molecule has 0 bridgehead atoms. The molecule has 1 aliphatic heterocycles. The fourth-order valence-electron chi connectivity index (χ4n) is 2.46. The van der Waals surface area contributed by atoms with E-state index in [1.54, 1.807) is 7.11 Å². The van der Waals surface area contributed by atoms with Gasteiger partial charge in [-0.15, -0.1) is 0 Å². The van der Waals surface area contributed by atoms with E-state index < -0.39 is 0 Å². The number of nitrogens with zero attached hydrogens (tertiary/aromatic N) is 1. The number of benzene rings is 1. The number of rotatable bonds is 4. The number of piperidine rings is 1. The van der Waals surface area contributed by atoms with Crippen LogP contribution in [-0.2, 0) is 11.2 Å². The summed E-state index contributed by atoms with van der Waals surface area (Å²) in [6, 6.07) is 6.01. The van der Waals surface area contributed by atoms with Crippen LogP contribution < -0.4 is 9.64 Å². The van der Waals surface area contributed by atoms with Gasteiger partial charge in [0.25, 0.3) is 0 Å². The second kappa shape index (κ2) is 5.71. The lowest BCUT2D eigenvalue weighted by Gasteiger charge is -2.31. The maximum absolute atomic E-state index is 10.8. The molecular formula is C14H19NO2. The number of ether oxygens (including phenoxy) is 1. The first kappa shape index (κ1) is 12.0. The minimum Gasteiger partial charge on any atom is -0.496 e. The summed E-state index contributed by atoms with van der Waals surface area (Å²) in [6.45, 7) is 2.16. The van der Waals surface area contributed by atoms with Gasteiger partial charge in [0.2, 0.25) is 0 Å². The van der Waals surface area contributed by atoms with Crippen LogP contribution in [-0.4, -0.2) is 26.5 Å². The van der Waals surface area contributed by atoms with E-state index >= 15 is 0 Å². The Morgan fingerprint density at radius 3 is 2.71 bits per heavy atom. The molecule has 92 valence electrons. The molecule has 0 unspecified atom stereocenters. The van der Waals surface area contributed by atoms with Crippen LogP contribution in [0.2, 0.25) is 0 Å². The Kier molecular flexibility index (Phi) is 4.02. The van der Waals surface area contributed by atoms with Crippen LogP contribution in [0.15, 0.2) is 18.2 Å². The number of carbonyl (C=O) groups excluding carboxylic acids is 1. The van der Waals surface area contributed by atoms with Crippen molar-refractivity contribution in [2.45, 2.75) is 25.7 Å². The standard InChI is InChI=1S/C14H19NO2/c1-17-14-7-5-6-13(12(14)8-11-16)15-9-3-2-4-10-15/h5-7,11H,2-4,8-10H2,1H3. The van der Waals surface area contributed by atoms with Crippen molar-refractivity contribution >= 4 is 12.0 Å². The molecule has 1 fully saturated rings. The molecule has 17 heavy (non-hydrogen) atoms. The van der Waals surface area contributed by atoms with E-state index in [0.717, 1.165) is 36.4 Å². The van der Waals surface area contributed by atoms with E-state index in [0.29, 0.717) is 6.42 Å². The average molecular weight is 233 g/mol. The zero-order valence-electron chi connectivity index (χ0n) is 10.3. The smallest absolute Gasteiger partial charge is 0.124 e. The third-order valence-electron chi connectivity index (χ3n) is 3.31. The zero-order chi connectivity index (χ0) is 12.1. The molecule has 0 amide bonds. The van der Waals surface area contributed by atoms with E-state index in [9.17, 15) is 4.79 Å². The highest BCUT2D eigenvalue weighted by atomic mass is 16.5. The van der Waals surface area contributed by atoms with Gasteiger partial charge in [0.15, 0.2) is 0 Å². The van der Waals surface area contributed by atoms with Gasteiger partial charge in [-0.2, -0.15) is 0 Å².